The Morgan fingerprint density at radius 3 is 3.00 bits per heavy atom. The number of hydrogen-bond donors (Lipinski definition) is 1. The molecule has 1 amide bonds. The van der Waals surface area contributed by atoms with Crippen molar-refractivity contribution >= 4 is 17.7 Å². The third-order valence-corrected chi connectivity index (χ3v) is 5.86. The number of carbonyl (C=O) groups is 1. The Hall–Kier alpha value is -2.74. The predicted molar refractivity (Wildman–Crippen MR) is 105 cm³/mol. The minimum Gasteiger partial charge on any atom is -0.348 e. The molecule has 1 aliphatic rings. The largest absolute Gasteiger partial charge is 0.348 e. The van der Waals surface area contributed by atoms with Crippen LogP contribution in [0.5, 0.6) is 0 Å². The molecule has 4 rings (SSSR count). The van der Waals surface area contributed by atoms with Crippen LogP contribution in [0, 0.1) is 5.82 Å². The molecule has 0 radical (unpaired) electrons. The maximum Gasteiger partial charge on any atom is 0.233 e. The van der Waals surface area contributed by atoms with Crippen LogP contribution < -0.4 is 5.32 Å². The molecule has 0 bridgehead atoms. The van der Waals surface area contributed by atoms with Gasteiger partial charge in [0.15, 0.2) is 0 Å². The topological polar surface area (TPSA) is 72.7 Å². The smallest absolute Gasteiger partial charge is 0.233 e. The number of halogens is 1. The second-order valence-corrected chi connectivity index (χ2v) is 8.07. The Balaban J connectivity index is 1.46. The van der Waals surface area contributed by atoms with E-state index in [1.165, 1.54) is 39.7 Å². The number of hydrogen-bond acceptors (Lipinski definition) is 5. The van der Waals surface area contributed by atoms with Gasteiger partial charge in [0.1, 0.15) is 5.82 Å². The van der Waals surface area contributed by atoms with Gasteiger partial charge in [-0.1, -0.05) is 42.1 Å². The van der Waals surface area contributed by atoms with Crippen molar-refractivity contribution in [3.8, 4) is 5.69 Å². The maximum absolute atomic E-state index is 13.5. The third kappa shape index (κ3) is 3.91. The van der Waals surface area contributed by atoms with E-state index in [0.717, 1.165) is 19.3 Å². The van der Waals surface area contributed by atoms with E-state index in [4.69, 9.17) is 0 Å². The van der Waals surface area contributed by atoms with Crippen LogP contribution in [-0.4, -0.2) is 31.4 Å². The number of fused-ring (bicyclic) bond motifs is 1. The summed E-state index contributed by atoms with van der Waals surface area (Å²) in [6.45, 7) is 1.82. The molecule has 3 aromatic rings. The van der Waals surface area contributed by atoms with Crippen molar-refractivity contribution in [1.82, 2.24) is 25.5 Å². The van der Waals surface area contributed by atoms with Crippen LogP contribution in [-0.2, 0) is 11.2 Å². The van der Waals surface area contributed by atoms with Gasteiger partial charge in [-0.25, -0.2) is 4.39 Å². The van der Waals surface area contributed by atoms with Gasteiger partial charge in [-0.15, -0.1) is 5.10 Å². The summed E-state index contributed by atoms with van der Waals surface area (Å²) in [5.41, 5.74) is 3.01. The molecule has 2 aromatic carbocycles. The Labute approximate surface area is 166 Å². The molecular weight excluding hydrogens is 377 g/mol. The lowest BCUT2D eigenvalue weighted by Crippen LogP contribution is -2.36. The summed E-state index contributed by atoms with van der Waals surface area (Å²) in [6, 6.07) is 14.3. The van der Waals surface area contributed by atoms with Crippen molar-refractivity contribution in [3.05, 3.63) is 65.5 Å². The quantitative estimate of drug-likeness (QED) is 0.668. The van der Waals surface area contributed by atoms with Crippen LogP contribution in [0.1, 0.15) is 36.9 Å². The number of aromatic nitrogens is 4. The highest BCUT2D eigenvalue weighted by atomic mass is 32.2. The van der Waals surface area contributed by atoms with Crippen molar-refractivity contribution in [1.29, 1.82) is 0 Å². The Bertz CT molecular complexity index is 992. The molecule has 0 fully saturated rings. The van der Waals surface area contributed by atoms with Crippen LogP contribution in [0.4, 0.5) is 4.39 Å². The molecular formula is C20H20FN5OS. The molecule has 1 aliphatic carbocycles. The fourth-order valence-electron chi connectivity index (χ4n) is 3.43. The van der Waals surface area contributed by atoms with Gasteiger partial charge in [0.2, 0.25) is 11.1 Å². The van der Waals surface area contributed by atoms with Crippen molar-refractivity contribution < 1.29 is 9.18 Å². The molecule has 0 unspecified atom stereocenters. The van der Waals surface area contributed by atoms with Crippen LogP contribution in [0.2, 0.25) is 0 Å². The molecule has 2 atom stereocenters. The molecule has 0 spiro atoms. The van der Waals surface area contributed by atoms with Crippen LogP contribution in [0.15, 0.2) is 53.7 Å². The van der Waals surface area contributed by atoms with E-state index in [1.54, 1.807) is 12.1 Å². The van der Waals surface area contributed by atoms with E-state index in [-0.39, 0.29) is 17.8 Å². The van der Waals surface area contributed by atoms with Gasteiger partial charge < -0.3 is 5.32 Å². The molecule has 0 saturated heterocycles. The lowest BCUT2D eigenvalue weighted by Gasteiger charge is -2.27. The van der Waals surface area contributed by atoms with Crippen molar-refractivity contribution in [2.75, 3.05) is 0 Å². The first kappa shape index (κ1) is 18.6. The van der Waals surface area contributed by atoms with Gasteiger partial charge in [0, 0.05) is 0 Å². The lowest BCUT2D eigenvalue weighted by molar-refractivity contribution is -0.121. The van der Waals surface area contributed by atoms with Gasteiger partial charge in [0.05, 0.1) is 17.0 Å². The summed E-state index contributed by atoms with van der Waals surface area (Å²) >= 11 is 1.25. The zero-order valence-electron chi connectivity index (χ0n) is 15.4. The second kappa shape index (κ2) is 8.10. The summed E-state index contributed by atoms with van der Waals surface area (Å²) in [4.78, 5) is 12.8. The van der Waals surface area contributed by atoms with E-state index in [0.29, 0.717) is 10.8 Å². The standard InChI is InChI=1S/C20H20FN5OS/c1-13(19(27)22-18-11-4-7-14-6-2-3-10-17(14)18)28-20-23-24-25-26(20)16-9-5-8-15(21)12-16/h2-3,5-6,8-10,12-13,18H,4,7,11H2,1H3,(H,22,27)/t13-,18+/m1/s1. The number of aryl methyl sites for hydroxylation is 1. The summed E-state index contributed by atoms with van der Waals surface area (Å²) in [7, 11) is 0. The average molecular weight is 397 g/mol. The van der Waals surface area contributed by atoms with Gasteiger partial charge in [-0.2, -0.15) is 4.68 Å². The fraction of sp³-hybridized carbons (Fsp3) is 0.300. The van der Waals surface area contributed by atoms with Gasteiger partial charge in [-0.3, -0.25) is 4.79 Å². The van der Waals surface area contributed by atoms with Crippen LogP contribution >= 0.6 is 11.8 Å². The minimum atomic E-state index is -0.396. The Kier molecular flexibility index (Phi) is 5.38. The number of thioether (sulfide) groups is 1. The number of amides is 1. The first-order chi connectivity index (χ1) is 13.6. The zero-order valence-corrected chi connectivity index (χ0v) is 16.2. The number of rotatable bonds is 5. The molecule has 1 heterocycles. The molecule has 28 heavy (non-hydrogen) atoms. The van der Waals surface area contributed by atoms with Crippen LogP contribution in [0.25, 0.3) is 5.69 Å². The SMILES string of the molecule is C[C@@H](Sc1nnnn1-c1cccc(F)c1)C(=O)N[C@H]1CCCc2ccccc21. The first-order valence-corrected chi connectivity index (χ1v) is 10.1. The number of nitrogens with zero attached hydrogens (tertiary/aromatic N) is 4. The van der Waals surface area contributed by atoms with E-state index in [9.17, 15) is 9.18 Å². The maximum atomic E-state index is 13.5. The molecule has 1 N–H and O–H groups in total. The summed E-state index contributed by atoms with van der Waals surface area (Å²) in [5, 5.41) is 14.8. The summed E-state index contributed by atoms with van der Waals surface area (Å²) in [6.07, 6.45) is 3.04. The third-order valence-electron chi connectivity index (χ3n) is 4.83. The summed E-state index contributed by atoms with van der Waals surface area (Å²) < 4.78 is 14.9. The van der Waals surface area contributed by atoms with Gasteiger partial charge in [-0.05, 0) is 65.9 Å². The normalized spacial score (nSPS) is 17.0. The van der Waals surface area contributed by atoms with E-state index >= 15 is 0 Å². The molecule has 0 aliphatic heterocycles. The highest BCUT2D eigenvalue weighted by Gasteiger charge is 2.25. The van der Waals surface area contributed by atoms with E-state index < -0.39 is 5.25 Å². The van der Waals surface area contributed by atoms with Gasteiger partial charge in [0.25, 0.3) is 0 Å². The van der Waals surface area contributed by atoms with Crippen molar-refractivity contribution in [2.24, 2.45) is 0 Å². The molecule has 8 heteroatoms. The predicted octanol–water partition coefficient (Wildman–Crippen LogP) is 3.48. The van der Waals surface area contributed by atoms with Crippen molar-refractivity contribution in [2.45, 2.75) is 42.6 Å². The molecule has 1 aromatic heterocycles. The monoisotopic (exact) mass is 397 g/mol. The average Bonchev–Trinajstić information content (AvgIpc) is 3.16. The van der Waals surface area contributed by atoms with Crippen LogP contribution in [0.3, 0.4) is 0 Å². The van der Waals surface area contributed by atoms with Gasteiger partial charge >= 0.3 is 0 Å². The fourth-order valence-corrected chi connectivity index (χ4v) is 4.24. The van der Waals surface area contributed by atoms with E-state index in [1.807, 2.05) is 19.1 Å². The molecule has 6 nitrogen and oxygen atoms in total. The second-order valence-electron chi connectivity index (χ2n) is 6.77. The van der Waals surface area contributed by atoms with Crippen molar-refractivity contribution in [3.63, 3.8) is 0 Å². The van der Waals surface area contributed by atoms with E-state index in [2.05, 4.69) is 33.0 Å². The number of carbonyl (C=O) groups excluding carboxylic acids is 1. The molecule has 0 saturated carbocycles. The number of nitrogens with one attached hydrogen (secondary N) is 1. The first-order valence-electron chi connectivity index (χ1n) is 9.21. The number of benzene rings is 2. The minimum absolute atomic E-state index is 0.0275. The Morgan fingerprint density at radius 1 is 1.29 bits per heavy atom. The molecule has 144 valence electrons. The zero-order chi connectivity index (χ0) is 19.5. The Morgan fingerprint density at radius 2 is 2.14 bits per heavy atom. The highest BCUT2D eigenvalue weighted by Crippen LogP contribution is 2.30. The lowest BCUT2D eigenvalue weighted by atomic mass is 9.88. The summed E-state index contributed by atoms with van der Waals surface area (Å²) in [5.74, 6) is -0.439. The number of tetrazole rings is 1. The highest BCUT2D eigenvalue weighted by molar-refractivity contribution is 8.00.